The van der Waals surface area contributed by atoms with Crippen LogP contribution in [0.1, 0.15) is 39.0 Å². The zero-order valence-electron chi connectivity index (χ0n) is 28.6. The maximum atomic E-state index is 11.8. The zero-order valence-corrected chi connectivity index (χ0v) is 29.4. The third-order valence-electron chi connectivity index (χ3n) is 8.22. The van der Waals surface area contributed by atoms with Crippen LogP contribution in [0.5, 0.6) is 17.2 Å². The molecule has 4 aromatic carbocycles. The summed E-state index contributed by atoms with van der Waals surface area (Å²) in [6, 6.07) is 37.1. The summed E-state index contributed by atoms with van der Waals surface area (Å²) in [6.45, 7) is 1.84. The molecule has 9 heteroatoms. The summed E-state index contributed by atoms with van der Waals surface area (Å²) in [4.78, 5) is 23.4. The van der Waals surface area contributed by atoms with Gasteiger partial charge in [-0.3, -0.25) is 4.79 Å². The Bertz CT molecular complexity index is 2190. The van der Waals surface area contributed by atoms with Gasteiger partial charge in [-0.05, 0) is 71.3 Å². The molecule has 0 atom stereocenters. The summed E-state index contributed by atoms with van der Waals surface area (Å²) >= 11 is 5.12. The standard InChI is InChI=1S/C22H20O6.C20H18O2S/c1-26-17-10-8-16(9-11-17)15-6-3-14(4-7-15)5-12-19-21(24)18(23)13-20(28-19)22(25)27-2;1-14-13-19(23)20(21)18(22-14)12-9-15-7-10-17(11-8-15)16-5-3-2-4-6-16/h3-4,6-11,13,24H,5,12H2,1-2H3;2-8,10-11,13,21H,9,12H2,1H3. The number of hydrogen-bond acceptors (Lipinski definition) is 9. The second-order valence-electron chi connectivity index (χ2n) is 11.7. The Morgan fingerprint density at radius 3 is 1.65 bits per heavy atom. The summed E-state index contributed by atoms with van der Waals surface area (Å²) in [5, 5.41) is 19.9. The van der Waals surface area contributed by atoms with Crippen LogP contribution in [0.2, 0.25) is 0 Å². The molecule has 0 aliphatic rings. The number of aryl methyl sites for hydroxylation is 5. The van der Waals surface area contributed by atoms with Crippen LogP contribution in [0.25, 0.3) is 22.3 Å². The molecule has 0 amide bonds. The van der Waals surface area contributed by atoms with Crippen LogP contribution in [0.15, 0.2) is 129 Å². The Labute approximate surface area is 301 Å². The van der Waals surface area contributed by atoms with E-state index in [1.807, 2.05) is 73.7 Å². The molecule has 0 unspecified atom stereocenters. The number of rotatable bonds is 10. The summed E-state index contributed by atoms with van der Waals surface area (Å²) in [5.41, 5.74) is 6.08. The minimum atomic E-state index is -0.762. The predicted octanol–water partition coefficient (Wildman–Crippen LogP) is 9.07. The van der Waals surface area contributed by atoms with Crippen molar-refractivity contribution in [2.24, 2.45) is 0 Å². The first-order valence-electron chi connectivity index (χ1n) is 16.3. The minimum Gasteiger partial charge on any atom is -0.503 e. The van der Waals surface area contributed by atoms with Crippen molar-refractivity contribution in [3.05, 3.63) is 164 Å². The van der Waals surface area contributed by atoms with Crippen LogP contribution < -0.4 is 10.2 Å². The molecule has 0 fully saturated rings. The second-order valence-corrected chi connectivity index (χ2v) is 12.2. The summed E-state index contributed by atoms with van der Waals surface area (Å²) in [7, 11) is 2.82. The van der Waals surface area contributed by atoms with Gasteiger partial charge in [-0.25, -0.2) is 4.79 Å². The van der Waals surface area contributed by atoms with Crippen molar-refractivity contribution in [2.45, 2.75) is 32.6 Å². The first kappa shape index (κ1) is 36.4. The lowest BCUT2D eigenvalue weighted by Gasteiger charge is -2.07. The van der Waals surface area contributed by atoms with Crippen molar-refractivity contribution < 1.29 is 33.3 Å². The van der Waals surface area contributed by atoms with E-state index >= 15 is 0 Å². The molecule has 0 bridgehead atoms. The third-order valence-corrected chi connectivity index (χ3v) is 8.53. The largest absolute Gasteiger partial charge is 0.503 e. The molecule has 8 nitrogen and oxygen atoms in total. The summed E-state index contributed by atoms with van der Waals surface area (Å²) < 4.78 is 21.1. The maximum Gasteiger partial charge on any atom is 0.374 e. The van der Waals surface area contributed by atoms with E-state index in [4.69, 9.17) is 25.8 Å². The Morgan fingerprint density at radius 1 is 0.647 bits per heavy atom. The third kappa shape index (κ3) is 9.61. The van der Waals surface area contributed by atoms with Gasteiger partial charge in [0.05, 0.1) is 18.7 Å². The molecule has 2 N–H and O–H groups in total. The molecule has 0 aliphatic heterocycles. The number of esters is 1. The van der Waals surface area contributed by atoms with Crippen LogP contribution >= 0.6 is 12.2 Å². The van der Waals surface area contributed by atoms with Crippen LogP contribution in [-0.2, 0) is 30.4 Å². The van der Waals surface area contributed by atoms with Gasteiger partial charge in [-0.2, -0.15) is 0 Å². The highest BCUT2D eigenvalue weighted by Gasteiger charge is 2.16. The molecule has 0 spiro atoms. The van der Waals surface area contributed by atoms with E-state index in [2.05, 4.69) is 41.1 Å². The average Bonchev–Trinajstić information content (AvgIpc) is 3.17. The van der Waals surface area contributed by atoms with E-state index in [0.29, 0.717) is 23.1 Å². The molecule has 0 saturated carbocycles. The molecule has 0 saturated heterocycles. The first-order valence-corrected chi connectivity index (χ1v) is 16.7. The van der Waals surface area contributed by atoms with Gasteiger partial charge in [-0.1, -0.05) is 103 Å². The molecule has 51 heavy (non-hydrogen) atoms. The van der Waals surface area contributed by atoms with Gasteiger partial charge in [0, 0.05) is 18.9 Å². The molecule has 6 rings (SSSR count). The van der Waals surface area contributed by atoms with Gasteiger partial charge >= 0.3 is 5.97 Å². The van der Waals surface area contributed by atoms with Crippen molar-refractivity contribution in [2.75, 3.05) is 14.2 Å². The predicted molar refractivity (Wildman–Crippen MR) is 199 cm³/mol. The zero-order chi connectivity index (χ0) is 36.3. The number of ether oxygens (including phenoxy) is 2. The van der Waals surface area contributed by atoms with Crippen LogP contribution in [0, 0.1) is 11.4 Å². The number of benzene rings is 4. The molecular weight excluding hydrogens is 665 g/mol. The van der Waals surface area contributed by atoms with Crippen LogP contribution in [-0.4, -0.2) is 30.4 Å². The Morgan fingerprint density at radius 2 is 1.14 bits per heavy atom. The van der Waals surface area contributed by atoms with Gasteiger partial charge in [0.2, 0.25) is 16.9 Å². The number of hydrogen-bond donors (Lipinski definition) is 2. The van der Waals surface area contributed by atoms with Crippen molar-refractivity contribution in [3.63, 3.8) is 0 Å². The Hall–Kier alpha value is -5.93. The monoisotopic (exact) mass is 702 g/mol. The number of carbonyl (C=O) groups excluding carboxylic acids is 1. The fourth-order valence-corrected chi connectivity index (χ4v) is 5.68. The minimum absolute atomic E-state index is 0.0622. The summed E-state index contributed by atoms with van der Waals surface area (Å²) in [5.74, 6) is 0.763. The summed E-state index contributed by atoms with van der Waals surface area (Å²) in [6.07, 6.45) is 2.23. The van der Waals surface area contributed by atoms with E-state index in [-0.39, 0.29) is 23.7 Å². The lowest BCUT2D eigenvalue weighted by atomic mass is 10.0. The fraction of sp³-hybridized carbons (Fsp3) is 0.167. The van der Waals surface area contributed by atoms with Gasteiger partial charge in [0.25, 0.3) is 0 Å². The Kier molecular flexibility index (Phi) is 12.2. The number of aromatic hydroxyl groups is 2. The molecule has 6 aromatic rings. The van der Waals surface area contributed by atoms with E-state index in [0.717, 1.165) is 40.7 Å². The van der Waals surface area contributed by atoms with E-state index in [9.17, 15) is 19.8 Å². The number of carbonyl (C=O) groups is 1. The van der Waals surface area contributed by atoms with E-state index < -0.39 is 17.1 Å². The van der Waals surface area contributed by atoms with E-state index in [1.165, 1.54) is 23.8 Å². The average molecular weight is 703 g/mol. The SMILES string of the molecule is COC(=O)c1cc(=O)c(O)c(CCc2ccc(-c3ccc(OC)cc3)cc2)o1.Cc1cc(=S)c(O)c(CCc2ccc(-c3ccccc3)cc2)o1. The molecule has 0 aliphatic carbocycles. The molecule has 2 aromatic heterocycles. The van der Waals surface area contributed by atoms with Gasteiger partial charge in [-0.15, -0.1) is 0 Å². The molecule has 260 valence electrons. The first-order chi connectivity index (χ1) is 24.6. The van der Waals surface area contributed by atoms with Crippen molar-refractivity contribution in [1.82, 2.24) is 0 Å². The fourth-order valence-electron chi connectivity index (χ4n) is 5.40. The highest BCUT2D eigenvalue weighted by molar-refractivity contribution is 7.71. The number of methoxy groups -OCH3 is 2. The Balaban J connectivity index is 0.000000201. The van der Waals surface area contributed by atoms with Crippen molar-refractivity contribution >= 4 is 18.2 Å². The van der Waals surface area contributed by atoms with Crippen molar-refractivity contribution in [1.29, 1.82) is 0 Å². The van der Waals surface area contributed by atoms with Gasteiger partial charge < -0.3 is 28.5 Å². The van der Waals surface area contributed by atoms with E-state index in [1.54, 1.807) is 13.2 Å². The lowest BCUT2D eigenvalue weighted by molar-refractivity contribution is 0.0558. The normalized spacial score (nSPS) is 10.6. The highest BCUT2D eigenvalue weighted by atomic mass is 32.1. The quantitative estimate of drug-likeness (QED) is 0.106. The van der Waals surface area contributed by atoms with Crippen molar-refractivity contribution in [3.8, 4) is 39.5 Å². The topological polar surface area (TPSA) is 119 Å². The van der Waals surface area contributed by atoms with Crippen LogP contribution in [0.4, 0.5) is 0 Å². The van der Waals surface area contributed by atoms with Gasteiger partial charge in [0.15, 0.2) is 11.5 Å². The molecule has 0 radical (unpaired) electrons. The smallest absolute Gasteiger partial charge is 0.374 e. The van der Waals surface area contributed by atoms with Gasteiger partial charge in [0.1, 0.15) is 17.3 Å². The maximum absolute atomic E-state index is 11.8. The van der Waals surface area contributed by atoms with Crippen LogP contribution in [0.3, 0.4) is 0 Å². The highest BCUT2D eigenvalue weighted by Crippen LogP contribution is 2.25. The molecule has 2 heterocycles. The molecular formula is C42H38O8S. The lowest BCUT2D eigenvalue weighted by Crippen LogP contribution is -2.10. The second kappa shape index (κ2) is 17.1.